The summed E-state index contributed by atoms with van der Waals surface area (Å²) in [6, 6.07) is 9.13. The zero-order chi connectivity index (χ0) is 14.1. The molecule has 0 unspecified atom stereocenters. The second kappa shape index (κ2) is 10.2. The third-order valence-electron chi connectivity index (χ3n) is 2.66. The van der Waals surface area contributed by atoms with E-state index in [1.165, 1.54) is 6.92 Å². The van der Waals surface area contributed by atoms with Crippen LogP contribution in [0.1, 0.15) is 18.9 Å². The summed E-state index contributed by atoms with van der Waals surface area (Å²) in [6.07, 6.45) is 1.22. The molecule has 1 aromatic rings. The number of hydrogen-bond donors (Lipinski definition) is 3. The topological polar surface area (TPSA) is 84.2 Å². The molecule has 2 amide bonds. The van der Waals surface area contributed by atoms with Crippen LogP contribution >= 0.6 is 12.4 Å². The summed E-state index contributed by atoms with van der Waals surface area (Å²) in [5.41, 5.74) is 6.88. The largest absolute Gasteiger partial charge is 0.356 e. The van der Waals surface area contributed by atoms with Gasteiger partial charge in [0.2, 0.25) is 11.8 Å². The van der Waals surface area contributed by atoms with Gasteiger partial charge in [0.05, 0.1) is 6.04 Å². The average molecular weight is 300 g/mol. The van der Waals surface area contributed by atoms with Crippen molar-refractivity contribution in [3.8, 4) is 0 Å². The summed E-state index contributed by atoms with van der Waals surface area (Å²) in [5.74, 6) is -0.223. The van der Waals surface area contributed by atoms with E-state index in [2.05, 4.69) is 10.6 Å². The van der Waals surface area contributed by atoms with Crippen LogP contribution in [0.2, 0.25) is 0 Å². The molecule has 0 saturated heterocycles. The lowest BCUT2D eigenvalue weighted by atomic mass is 10.1. The first-order valence-electron chi connectivity index (χ1n) is 6.41. The SMILES string of the molecule is CC(=O)NCCCNC(=O)[C@@H](N)Cc1ccccc1.Cl. The van der Waals surface area contributed by atoms with Gasteiger partial charge in [0.25, 0.3) is 0 Å². The summed E-state index contributed by atoms with van der Waals surface area (Å²) in [4.78, 5) is 22.4. The van der Waals surface area contributed by atoms with E-state index in [9.17, 15) is 9.59 Å². The van der Waals surface area contributed by atoms with Crippen LogP contribution in [0.15, 0.2) is 30.3 Å². The Morgan fingerprint density at radius 3 is 2.35 bits per heavy atom. The molecular formula is C14H22ClN3O2. The van der Waals surface area contributed by atoms with Crippen LogP contribution in [0.5, 0.6) is 0 Å². The second-order valence-electron chi connectivity index (χ2n) is 4.42. The first-order chi connectivity index (χ1) is 9.09. The summed E-state index contributed by atoms with van der Waals surface area (Å²) >= 11 is 0. The molecule has 0 saturated carbocycles. The number of amides is 2. The number of rotatable bonds is 7. The van der Waals surface area contributed by atoms with Crippen molar-refractivity contribution >= 4 is 24.2 Å². The van der Waals surface area contributed by atoms with Crippen LogP contribution in [0.3, 0.4) is 0 Å². The number of carbonyl (C=O) groups is 2. The highest BCUT2D eigenvalue weighted by Crippen LogP contribution is 2.01. The molecular weight excluding hydrogens is 278 g/mol. The molecule has 20 heavy (non-hydrogen) atoms. The first-order valence-corrected chi connectivity index (χ1v) is 6.41. The van der Waals surface area contributed by atoms with Crippen LogP contribution < -0.4 is 16.4 Å². The Bertz CT molecular complexity index is 412. The standard InChI is InChI=1S/C14H21N3O2.ClH/c1-11(18)16-8-5-9-17-14(19)13(15)10-12-6-3-2-4-7-12;/h2-4,6-7,13H,5,8-10,15H2,1H3,(H,16,18)(H,17,19);1H/t13-;/m0./s1. The van der Waals surface area contributed by atoms with Crippen LogP contribution in [-0.2, 0) is 16.0 Å². The molecule has 6 heteroatoms. The molecule has 0 aliphatic carbocycles. The van der Waals surface area contributed by atoms with Gasteiger partial charge in [0.1, 0.15) is 0 Å². The Labute approximate surface area is 125 Å². The highest BCUT2D eigenvalue weighted by molar-refractivity contribution is 5.85. The molecule has 1 rings (SSSR count). The lowest BCUT2D eigenvalue weighted by molar-refractivity contribution is -0.122. The van der Waals surface area contributed by atoms with E-state index in [0.29, 0.717) is 25.9 Å². The highest BCUT2D eigenvalue weighted by atomic mass is 35.5. The van der Waals surface area contributed by atoms with Gasteiger partial charge in [-0.15, -0.1) is 12.4 Å². The first kappa shape index (κ1) is 18.4. The molecule has 0 spiro atoms. The van der Waals surface area contributed by atoms with E-state index in [-0.39, 0.29) is 24.2 Å². The fraction of sp³-hybridized carbons (Fsp3) is 0.429. The van der Waals surface area contributed by atoms with Gasteiger partial charge < -0.3 is 16.4 Å². The molecule has 0 aliphatic rings. The molecule has 1 aromatic carbocycles. The normalized spacial score (nSPS) is 11.1. The fourth-order valence-electron chi connectivity index (χ4n) is 1.66. The monoisotopic (exact) mass is 299 g/mol. The van der Waals surface area contributed by atoms with Crippen LogP contribution in [-0.4, -0.2) is 30.9 Å². The predicted octanol–water partition coefficient (Wildman–Crippen LogP) is 0.621. The van der Waals surface area contributed by atoms with Crippen molar-refractivity contribution in [3.05, 3.63) is 35.9 Å². The molecule has 0 fully saturated rings. The van der Waals surface area contributed by atoms with Crippen molar-refractivity contribution in [2.75, 3.05) is 13.1 Å². The Hall–Kier alpha value is -1.59. The number of benzene rings is 1. The Kier molecular flexibility index (Phi) is 9.41. The molecule has 0 heterocycles. The molecule has 112 valence electrons. The molecule has 1 atom stereocenters. The van der Waals surface area contributed by atoms with Crippen LogP contribution in [0.25, 0.3) is 0 Å². The molecule has 0 radical (unpaired) electrons. The van der Waals surface area contributed by atoms with Crippen molar-refractivity contribution in [1.29, 1.82) is 0 Å². The van der Waals surface area contributed by atoms with Gasteiger partial charge in [-0.05, 0) is 18.4 Å². The van der Waals surface area contributed by atoms with E-state index in [4.69, 9.17) is 5.73 Å². The Morgan fingerprint density at radius 2 is 1.75 bits per heavy atom. The number of halogens is 1. The molecule has 0 aliphatic heterocycles. The third-order valence-corrected chi connectivity index (χ3v) is 2.66. The Balaban J connectivity index is 0.00000361. The summed E-state index contributed by atoms with van der Waals surface area (Å²) in [5, 5.41) is 5.43. The van der Waals surface area contributed by atoms with E-state index in [1.54, 1.807) is 0 Å². The van der Waals surface area contributed by atoms with E-state index in [1.807, 2.05) is 30.3 Å². The quantitative estimate of drug-likeness (QED) is 0.645. The molecule has 0 aromatic heterocycles. The van der Waals surface area contributed by atoms with Gasteiger partial charge in [0, 0.05) is 20.0 Å². The molecule has 0 bridgehead atoms. The third kappa shape index (κ3) is 7.76. The van der Waals surface area contributed by atoms with Gasteiger partial charge >= 0.3 is 0 Å². The molecule has 5 nitrogen and oxygen atoms in total. The minimum Gasteiger partial charge on any atom is -0.356 e. The molecule has 4 N–H and O–H groups in total. The zero-order valence-electron chi connectivity index (χ0n) is 11.6. The van der Waals surface area contributed by atoms with Crippen molar-refractivity contribution in [2.24, 2.45) is 5.73 Å². The summed E-state index contributed by atoms with van der Waals surface area (Å²) in [7, 11) is 0. The number of hydrogen-bond acceptors (Lipinski definition) is 3. The minimum absolute atomic E-state index is 0. The van der Waals surface area contributed by atoms with Gasteiger partial charge in [-0.1, -0.05) is 30.3 Å². The van der Waals surface area contributed by atoms with Crippen molar-refractivity contribution in [1.82, 2.24) is 10.6 Å². The highest BCUT2D eigenvalue weighted by Gasteiger charge is 2.12. The second-order valence-corrected chi connectivity index (χ2v) is 4.42. The predicted molar refractivity (Wildman–Crippen MR) is 81.7 cm³/mol. The summed E-state index contributed by atoms with van der Waals surface area (Å²) in [6.45, 7) is 2.54. The van der Waals surface area contributed by atoms with Gasteiger partial charge in [-0.25, -0.2) is 0 Å². The lowest BCUT2D eigenvalue weighted by Gasteiger charge is -2.12. The summed E-state index contributed by atoms with van der Waals surface area (Å²) < 4.78 is 0. The average Bonchev–Trinajstić information content (AvgIpc) is 2.38. The number of nitrogens with two attached hydrogens (primary N) is 1. The maximum Gasteiger partial charge on any atom is 0.237 e. The van der Waals surface area contributed by atoms with E-state index < -0.39 is 6.04 Å². The van der Waals surface area contributed by atoms with Crippen LogP contribution in [0, 0.1) is 0 Å². The smallest absolute Gasteiger partial charge is 0.237 e. The maximum atomic E-state index is 11.7. The van der Waals surface area contributed by atoms with Crippen molar-refractivity contribution in [3.63, 3.8) is 0 Å². The number of nitrogens with one attached hydrogen (secondary N) is 2. The lowest BCUT2D eigenvalue weighted by Crippen LogP contribution is -2.42. The van der Waals surface area contributed by atoms with Crippen molar-refractivity contribution < 1.29 is 9.59 Å². The zero-order valence-corrected chi connectivity index (χ0v) is 12.4. The van der Waals surface area contributed by atoms with E-state index in [0.717, 1.165) is 5.56 Å². The number of carbonyl (C=O) groups excluding carboxylic acids is 2. The van der Waals surface area contributed by atoms with Gasteiger partial charge in [-0.2, -0.15) is 0 Å². The van der Waals surface area contributed by atoms with Gasteiger partial charge in [-0.3, -0.25) is 9.59 Å². The van der Waals surface area contributed by atoms with Gasteiger partial charge in [0.15, 0.2) is 0 Å². The van der Waals surface area contributed by atoms with Crippen LogP contribution in [0.4, 0.5) is 0 Å². The van der Waals surface area contributed by atoms with E-state index >= 15 is 0 Å². The fourth-order valence-corrected chi connectivity index (χ4v) is 1.66. The maximum absolute atomic E-state index is 11.7. The Morgan fingerprint density at radius 1 is 1.15 bits per heavy atom. The van der Waals surface area contributed by atoms with Crippen molar-refractivity contribution in [2.45, 2.75) is 25.8 Å². The minimum atomic E-state index is -0.539.